The second-order valence-corrected chi connectivity index (χ2v) is 9.07. The van der Waals surface area contributed by atoms with E-state index in [-0.39, 0.29) is 12.4 Å². The molecule has 0 saturated heterocycles. The van der Waals surface area contributed by atoms with Gasteiger partial charge < -0.3 is 4.57 Å². The Morgan fingerprint density at radius 3 is 2.46 bits per heavy atom. The van der Waals surface area contributed by atoms with Gasteiger partial charge in [-0.1, -0.05) is 50.2 Å². The zero-order valence-corrected chi connectivity index (χ0v) is 17.6. The van der Waals surface area contributed by atoms with Crippen molar-refractivity contribution in [1.82, 2.24) is 9.47 Å². The first-order valence-electron chi connectivity index (χ1n) is 10.7. The Kier molecular flexibility index (Phi) is 4.33. The van der Waals surface area contributed by atoms with E-state index in [2.05, 4.69) is 65.8 Å². The van der Waals surface area contributed by atoms with E-state index < -0.39 is 0 Å². The zero-order chi connectivity index (χ0) is 18.1. The average molecular weight is 393 g/mol. The number of hydrogen-bond acceptors (Lipinski definition) is 1. The molecule has 0 radical (unpaired) electrons. The van der Waals surface area contributed by atoms with Crippen LogP contribution in [0.25, 0.3) is 16.6 Å². The fraction of sp³-hybridized carbons (Fsp3) is 0.440. The van der Waals surface area contributed by atoms with E-state index in [9.17, 15) is 0 Å². The molecule has 6 rings (SSSR count). The Bertz CT molecular complexity index is 1040. The van der Waals surface area contributed by atoms with E-state index in [0.29, 0.717) is 0 Å². The Morgan fingerprint density at radius 1 is 0.893 bits per heavy atom. The van der Waals surface area contributed by atoms with Crippen molar-refractivity contribution in [3.8, 4) is 5.69 Å². The highest BCUT2D eigenvalue weighted by Crippen LogP contribution is 2.46. The molecule has 2 nitrogen and oxygen atoms in total. The van der Waals surface area contributed by atoms with Gasteiger partial charge in [0, 0.05) is 42.8 Å². The summed E-state index contributed by atoms with van der Waals surface area (Å²) >= 11 is 0. The SMILES string of the molecule is CC1C(C)C1CN1CCc2c(c3cccc4c3n2-c2ccccc2CC4)C1.Cl. The number of aromatic nitrogens is 1. The normalized spacial score (nSPS) is 25.6. The summed E-state index contributed by atoms with van der Waals surface area (Å²) in [5, 5.41) is 1.50. The van der Waals surface area contributed by atoms with Gasteiger partial charge >= 0.3 is 0 Å². The molecular weight excluding hydrogens is 364 g/mol. The first-order chi connectivity index (χ1) is 13.2. The van der Waals surface area contributed by atoms with Crippen molar-refractivity contribution >= 4 is 23.3 Å². The molecule has 0 N–H and O–H groups in total. The van der Waals surface area contributed by atoms with E-state index in [1.807, 2.05) is 0 Å². The van der Waals surface area contributed by atoms with Crippen LogP contribution < -0.4 is 0 Å². The fourth-order valence-corrected chi connectivity index (χ4v) is 5.76. The Balaban J connectivity index is 0.00000171. The summed E-state index contributed by atoms with van der Waals surface area (Å²) in [4.78, 5) is 2.72. The molecule has 1 aromatic heterocycles. The highest BCUT2D eigenvalue weighted by atomic mass is 35.5. The van der Waals surface area contributed by atoms with Gasteiger partial charge in [0.05, 0.1) is 5.52 Å². The fourth-order valence-electron chi connectivity index (χ4n) is 5.76. The third-order valence-corrected chi connectivity index (χ3v) is 7.74. The van der Waals surface area contributed by atoms with Crippen LogP contribution in [-0.2, 0) is 25.8 Å². The van der Waals surface area contributed by atoms with Gasteiger partial charge in [0.15, 0.2) is 0 Å². The summed E-state index contributed by atoms with van der Waals surface area (Å²) in [6, 6.07) is 16.1. The summed E-state index contributed by atoms with van der Waals surface area (Å²) in [7, 11) is 0. The average Bonchev–Trinajstić information content (AvgIpc) is 3.17. The lowest BCUT2D eigenvalue weighted by molar-refractivity contribution is 0.236. The molecule has 1 aliphatic carbocycles. The molecule has 3 aromatic rings. The van der Waals surface area contributed by atoms with E-state index in [0.717, 1.165) is 37.1 Å². The van der Waals surface area contributed by atoms with Crippen molar-refractivity contribution in [2.75, 3.05) is 13.1 Å². The van der Waals surface area contributed by atoms with Gasteiger partial charge in [-0.05, 0) is 53.4 Å². The van der Waals surface area contributed by atoms with Crippen LogP contribution in [0.3, 0.4) is 0 Å². The van der Waals surface area contributed by atoms with Crippen LogP contribution in [0.2, 0.25) is 0 Å². The predicted molar refractivity (Wildman–Crippen MR) is 119 cm³/mol. The van der Waals surface area contributed by atoms with Crippen LogP contribution in [0.15, 0.2) is 42.5 Å². The lowest BCUT2D eigenvalue weighted by Crippen LogP contribution is -2.33. The van der Waals surface area contributed by atoms with Gasteiger partial charge in [0.25, 0.3) is 0 Å². The van der Waals surface area contributed by atoms with Crippen molar-refractivity contribution in [2.45, 2.75) is 39.7 Å². The quantitative estimate of drug-likeness (QED) is 0.566. The maximum atomic E-state index is 2.72. The van der Waals surface area contributed by atoms with E-state index in [1.165, 1.54) is 47.2 Å². The number of benzene rings is 2. The molecule has 28 heavy (non-hydrogen) atoms. The molecule has 146 valence electrons. The maximum absolute atomic E-state index is 2.72. The molecule has 0 spiro atoms. The molecule has 3 heteroatoms. The monoisotopic (exact) mass is 392 g/mol. The van der Waals surface area contributed by atoms with Gasteiger partial charge in [-0.2, -0.15) is 0 Å². The minimum absolute atomic E-state index is 0. The number of aryl methyl sites for hydroxylation is 2. The van der Waals surface area contributed by atoms with Crippen LogP contribution in [0.1, 0.15) is 36.2 Å². The van der Waals surface area contributed by atoms with Crippen molar-refractivity contribution in [3.05, 3.63) is 64.8 Å². The minimum atomic E-state index is 0. The van der Waals surface area contributed by atoms with Crippen molar-refractivity contribution in [2.24, 2.45) is 17.8 Å². The molecule has 1 saturated carbocycles. The summed E-state index contributed by atoms with van der Waals surface area (Å²) < 4.78 is 2.63. The third kappa shape index (κ3) is 2.58. The second kappa shape index (κ2) is 6.64. The lowest BCUT2D eigenvalue weighted by Gasteiger charge is -2.28. The van der Waals surface area contributed by atoms with Gasteiger partial charge in [0.1, 0.15) is 0 Å². The van der Waals surface area contributed by atoms with E-state index in [1.54, 1.807) is 11.3 Å². The van der Waals surface area contributed by atoms with Crippen LogP contribution in [-0.4, -0.2) is 22.6 Å². The number of fused-ring (bicyclic) bond motifs is 5. The van der Waals surface area contributed by atoms with Crippen molar-refractivity contribution in [1.29, 1.82) is 0 Å². The summed E-state index contributed by atoms with van der Waals surface area (Å²) in [6.07, 6.45) is 3.47. The van der Waals surface area contributed by atoms with Crippen LogP contribution in [0.4, 0.5) is 0 Å². The van der Waals surface area contributed by atoms with Crippen molar-refractivity contribution < 1.29 is 0 Å². The largest absolute Gasteiger partial charge is 0.313 e. The minimum Gasteiger partial charge on any atom is -0.313 e. The molecule has 1 fully saturated rings. The number of hydrogen-bond donors (Lipinski definition) is 0. The number of halogens is 1. The molecule has 2 aliphatic heterocycles. The molecule has 3 aliphatic rings. The summed E-state index contributed by atoms with van der Waals surface area (Å²) in [5.74, 6) is 2.74. The lowest BCUT2D eigenvalue weighted by atomic mass is 9.99. The standard InChI is InChI=1S/C25H28N2.ClH/c1-16-17(2)21(16)14-26-13-12-24-22(15-26)20-8-5-7-19-11-10-18-6-3-4-9-23(18)27(24)25(19)20;/h3-9,16-17,21H,10-15H2,1-2H3;1H. The topological polar surface area (TPSA) is 8.17 Å². The molecule has 0 amide bonds. The number of para-hydroxylation sites is 2. The number of rotatable bonds is 2. The third-order valence-electron chi connectivity index (χ3n) is 7.74. The van der Waals surface area contributed by atoms with Gasteiger partial charge in [0.2, 0.25) is 0 Å². The molecule has 0 bridgehead atoms. The Hall–Kier alpha value is -1.77. The molecule has 2 aromatic carbocycles. The smallest absolute Gasteiger partial charge is 0.0567 e. The molecule has 3 heterocycles. The van der Waals surface area contributed by atoms with E-state index >= 15 is 0 Å². The molecular formula is C25H29ClN2. The van der Waals surface area contributed by atoms with Crippen LogP contribution >= 0.6 is 12.4 Å². The number of nitrogens with zero attached hydrogens (tertiary/aromatic N) is 2. The van der Waals surface area contributed by atoms with Gasteiger partial charge in [-0.15, -0.1) is 12.4 Å². The highest BCUT2D eigenvalue weighted by molar-refractivity contribution is 5.91. The second-order valence-electron chi connectivity index (χ2n) is 9.07. The molecule has 2 atom stereocenters. The maximum Gasteiger partial charge on any atom is 0.0567 e. The first kappa shape index (κ1) is 18.3. The zero-order valence-electron chi connectivity index (χ0n) is 16.8. The van der Waals surface area contributed by atoms with Gasteiger partial charge in [-0.25, -0.2) is 0 Å². The van der Waals surface area contributed by atoms with E-state index in [4.69, 9.17) is 0 Å². The first-order valence-corrected chi connectivity index (χ1v) is 10.7. The van der Waals surface area contributed by atoms with Crippen LogP contribution in [0.5, 0.6) is 0 Å². The summed E-state index contributed by atoms with van der Waals surface area (Å²) in [5.41, 5.74) is 9.09. The van der Waals surface area contributed by atoms with Crippen molar-refractivity contribution in [3.63, 3.8) is 0 Å². The predicted octanol–water partition coefficient (Wildman–Crippen LogP) is 5.41. The molecule has 2 unspecified atom stereocenters. The van der Waals surface area contributed by atoms with Crippen LogP contribution in [0, 0.1) is 17.8 Å². The Morgan fingerprint density at radius 2 is 1.64 bits per heavy atom. The Labute approximate surface area is 173 Å². The highest BCUT2D eigenvalue weighted by Gasteiger charge is 2.43. The van der Waals surface area contributed by atoms with Gasteiger partial charge in [-0.3, -0.25) is 4.90 Å². The summed E-state index contributed by atoms with van der Waals surface area (Å²) in [6.45, 7) is 8.46.